The molecule has 152 valence electrons. The van der Waals surface area contributed by atoms with Gasteiger partial charge >= 0.3 is 0 Å². The number of rotatable bonds is 8. The van der Waals surface area contributed by atoms with E-state index in [9.17, 15) is 4.79 Å². The first-order valence-electron chi connectivity index (χ1n) is 10.2. The average molecular weight is 393 g/mol. The van der Waals surface area contributed by atoms with Gasteiger partial charge in [0, 0.05) is 37.4 Å². The minimum atomic E-state index is -0.0227. The van der Waals surface area contributed by atoms with Gasteiger partial charge in [0.05, 0.1) is 17.6 Å². The molecule has 0 saturated heterocycles. The van der Waals surface area contributed by atoms with Crippen LogP contribution < -0.4 is 0 Å². The summed E-state index contributed by atoms with van der Waals surface area (Å²) in [4.78, 5) is 20.2. The summed E-state index contributed by atoms with van der Waals surface area (Å²) in [7, 11) is 1.65. The van der Waals surface area contributed by atoms with Gasteiger partial charge in [0.25, 0.3) is 11.6 Å². The number of pyridine rings is 1. The molecule has 1 saturated carbocycles. The van der Waals surface area contributed by atoms with E-state index >= 15 is 0 Å². The van der Waals surface area contributed by atoms with Crippen LogP contribution in [0.5, 0.6) is 0 Å². The summed E-state index contributed by atoms with van der Waals surface area (Å²) in [6.07, 6.45) is 2.20. The first-order chi connectivity index (χ1) is 14.1. The number of carbonyl (C=O) groups is 1. The number of methoxy groups -OCH3 is 1. The Hall–Kier alpha value is -2.73. The monoisotopic (exact) mass is 393 g/mol. The van der Waals surface area contributed by atoms with Gasteiger partial charge in [-0.15, -0.1) is 0 Å². The molecule has 0 N–H and O–H groups in total. The molecule has 1 aromatic carbocycles. The molecule has 3 aromatic rings. The van der Waals surface area contributed by atoms with Crippen LogP contribution in [0.2, 0.25) is 0 Å². The van der Waals surface area contributed by atoms with Crippen molar-refractivity contribution in [1.82, 2.24) is 15.0 Å². The lowest BCUT2D eigenvalue weighted by atomic mass is 10.0. The third-order valence-corrected chi connectivity index (χ3v) is 5.18. The van der Waals surface area contributed by atoms with Gasteiger partial charge in [-0.1, -0.05) is 49.3 Å². The number of ether oxygens (including phenoxy) is 1. The van der Waals surface area contributed by atoms with Crippen LogP contribution in [-0.4, -0.2) is 47.8 Å². The van der Waals surface area contributed by atoms with E-state index in [2.05, 4.69) is 24.0 Å². The molecule has 0 atom stereocenters. The van der Waals surface area contributed by atoms with Crippen LogP contribution in [0.4, 0.5) is 0 Å². The van der Waals surface area contributed by atoms with Crippen molar-refractivity contribution in [1.29, 1.82) is 0 Å². The average Bonchev–Trinajstić information content (AvgIpc) is 3.49. The number of benzene rings is 1. The zero-order valence-corrected chi connectivity index (χ0v) is 17.2. The highest BCUT2D eigenvalue weighted by atomic mass is 16.5. The fourth-order valence-electron chi connectivity index (χ4n) is 3.61. The van der Waals surface area contributed by atoms with Crippen LogP contribution in [0.25, 0.3) is 22.4 Å². The van der Waals surface area contributed by atoms with Gasteiger partial charge < -0.3 is 14.2 Å². The van der Waals surface area contributed by atoms with Crippen molar-refractivity contribution >= 4 is 17.0 Å². The zero-order valence-electron chi connectivity index (χ0n) is 17.2. The second-order valence-electron chi connectivity index (χ2n) is 8.08. The highest BCUT2D eigenvalue weighted by Crippen LogP contribution is 2.41. The van der Waals surface area contributed by atoms with Crippen LogP contribution in [0.15, 0.2) is 40.9 Å². The van der Waals surface area contributed by atoms with Crippen LogP contribution in [0.3, 0.4) is 0 Å². The van der Waals surface area contributed by atoms with Gasteiger partial charge in [0.2, 0.25) is 0 Å². The predicted octanol–water partition coefficient (Wildman–Crippen LogP) is 4.51. The highest BCUT2D eigenvalue weighted by molar-refractivity contribution is 6.09. The van der Waals surface area contributed by atoms with E-state index in [1.54, 1.807) is 7.11 Å². The summed E-state index contributed by atoms with van der Waals surface area (Å²) in [5.41, 5.74) is 3.55. The molecule has 0 bridgehead atoms. The Morgan fingerprint density at radius 3 is 2.69 bits per heavy atom. The minimum Gasteiger partial charge on any atom is -0.383 e. The minimum absolute atomic E-state index is 0.0227. The quantitative estimate of drug-likeness (QED) is 0.563. The van der Waals surface area contributed by atoms with Crippen molar-refractivity contribution < 1.29 is 14.1 Å². The van der Waals surface area contributed by atoms with E-state index in [4.69, 9.17) is 9.26 Å². The smallest absolute Gasteiger partial charge is 0.259 e. The molecule has 1 amide bonds. The topological polar surface area (TPSA) is 68.5 Å². The summed E-state index contributed by atoms with van der Waals surface area (Å²) >= 11 is 0. The zero-order chi connectivity index (χ0) is 20.4. The molecular weight excluding hydrogens is 366 g/mol. The first-order valence-corrected chi connectivity index (χ1v) is 10.2. The van der Waals surface area contributed by atoms with E-state index in [0.29, 0.717) is 53.9 Å². The molecule has 1 aliphatic carbocycles. The molecule has 2 aromatic heterocycles. The third-order valence-electron chi connectivity index (χ3n) is 5.18. The fraction of sp³-hybridized carbons (Fsp3) is 0.435. The summed E-state index contributed by atoms with van der Waals surface area (Å²) in [5, 5.41) is 4.97. The molecule has 0 radical (unpaired) electrons. The Kier molecular flexibility index (Phi) is 5.62. The number of hydrogen-bond donors (Lipinski definition) is 0. The van der Waals surface area contributed by atoms with Gasteiger partial charge in [0.15, 0.2) is 0 Å². The van der Waals surface area contributed by atoms with Gasteiger partial charge in [-0.25, -0.2) is 4.98 Å². The highest BCUT2D eigenvalue weighted by Gasteiger charge is 2.30. The second kappa shape index (κ2) is 8.33. The molecule has 0 aliphatic heterocycles. The van der Waals surface area contributed by atoms with Crippen LogP contribution in [0, 0.1) is 5.92 Å². The van der Waals surface area contributed by atoms with Crippen molar-refractivity contribution in [3.63, 3.8) is 0 Å². The van der Waals surface area contributed by atoms with E-state index in [0.717, 1.165) is 24.1 Å². The fourth-order valence-corrected chi connectivity index (χ4v) is 3.61. The molecule has 6 nitrogen and oxygen atoms in total. The summed E-state index contributed by atoms with van der Waals surface area (Å²) < 4.78 is 10.8. The van der Waals surface area contributed by atoms with Crippen molar-refractivity contribution in [3.8, 4) is 11.3 Å². The first kappa shape index (κ1) is 19.6. The molecule has 6 heteroatoms. The number of nitrogens with zero attached hydrogens (tertiary/aromatic N) is 3. The van der Waals surface area contributed by atoms with Crippen LogP contribution >= 0.6 is 0 Å². The van der Waals surface area contributed by atoms with Gasteiger partial charge in [-0.05, 0) is 24.8 Å². The third kappa shape index (κ3) is 4.17. The molecule has 1 aliphatic rings. The van der Waals surface area contributed by atoms with Gasteiger partial charge in [-0.2, -0.15) is 0 Å². The van der Waals surface area contributed by atoms with Gasteiger partial charge in [0.1, 0.15) is 5.69 Å². The molecule has 1 fully saturated rings. The van der Waals surface area contributed by atoms with E-state index in [1.807, 2.05) is 41.3 Å². The van der Waals surface area contributed by atoms with Crippen LogP contribution in [-0.2, 0) is 4.74 Å². The lowest BCUT2D eigenvalue weighted by Gasteiger charge is -2.25. The van der Waals surface area contributed by atoms with E-state index in [-0.39, 0.29) is 5.91 Å². The Morgan fingerprint density at radius 2 is 2.03 bits per heavy atom. The predicted molar refractivity (Wildman–Crippen MR) is 112 cm³/mol. The lowest BCUT2D eigenvalue weighted by Crippen LogP contribution is -2.37. The number of fused-ring (bicyclic) bond motifs is 1. The molecule has 0 unspecified atom stereocenters. The number of carbonyl (C=O) groups excluding carboxylic acids is 1. The maximum Gasteiger partial charge on any atom is 0.259 e. The number of amides is 1. The van der Waals surface area contributed by atoms with E-state index < -0.39 is 0 Å². The van der Waals surface area contributed by atoms with Crippen molar-refractivity contribution in [2.45, 2.75) is 32.6 Å². The van der Waals surface area contributed by atoms with Crippen molar-refractivity contribution in [2.75, 3.05) is 26.8 Å². The number of hydrogen-bond acceptors (Lipinski definition) is 5. The number of aromatic nitrogens is 2. The van der Waals surface area contributed by atoms with E-state index in [1.165, 1.54) is 0 Å². The summed E-state index contributed by atoms with van der Waals surface area (Å²) in [6, 6.07) is 11.7. The lowest BCUT2D eigenvalue weighted by molar-refractivity contribution is 0.0674. The maximum absolute atomic E-state index is 13.7. The maximum atomic E-state index is 13.7. The summed E-state index contributed by atoms with van der Waals surface area (Å²) in [5.74, 6) is 0.742. The molecular formula is C23H27N3O3. The van der Waals surface area contributed by atoms with Crippen molar-refractivity contribution in [3.05, 3.63) is 47.7 Å². The molecule has 0 spiro atoms. The van der Waals surface area contributed by atoms with Crippen molar-refractivity contribution in [2.24, 2.45) is 5.92 Å². The molecule has 29 heavy (non-hydrogen) atoms. The molecule has 2 heterocycles. The Bertz CT molecular complexity index is 993. The Labute approximate surface area is 170 Å². The second-order valence-corrected chi connectivity index (χ2v) is 8.08. The molecule has 4 rings (SSSR count). The standard InChI is InChI=1S/C23H27N3O3/c1-15(2)14-26(11-12-28-3)23(27)18-13-19(16-9-10-16)24-22-20(18)21(25-29-22)17-7-5-4-6-8-17/h4-8,13,15-16H,9-12,14H2,1-3H3. The largest absolute Gasteiger partial charge is 0.383 e. The summed E-state index contributed by atoms with van der Waals surface area (Å²) in [6.45, 7) is 5.93. The van der Waals surface area contributed by atoms with Gasteiger partial charge in [-0.3, -0.25) is 4.79 Å². The van der Waals surface area contributed by atoms with Crippen LogP contribution in [0.1, 0.15) is 48.7 Å². The SMILES string of the molecule is COCCN(CC(C)C)C(=O)c1cc(C2CC2)nc2onc(-c3ccccc3)c12. The Balaban J connectivity index is 1.83. The normalized spacial score (nSPS) is 13.9. The Morgan fingerprint density at radius 1 is 1.28 bits per heavy atom.